The molecule has 1 saturated carbocycles. The molecule has 7 nitrogen and oxygen atoms in total. The molecule has 0 amide bonds. The number of phenolic OH excluding ortho intramolecular Hbond substituents is 2. The first kappa shape index (κ1) is 51.0. The van der Waals surface area contributed by atoms with E-state index in [0.717, 1.165) is 66.0 Å². The van der Waals surface area contributed by atoms with E-state index >= 15 is 0 Å². The molecule has 9 heteroatoms. The van der Waals surface area contributed by atoms with Crippen LogP contribution in [0.4, 0.5) is 4.79 Å². The van der Waals surface area contributed by atoms with Gasteiger partial charge in [0.05, 0.1) is 0 Å². The maximum atomic E-state index is 12.0. The van der Waals surface area contributed by atoms with Gasteiger partial charge in [-0.3, -0.25) is 0 Å². The van der Waals surface area contributed by atoms with Gasteiger partial charge in [-0.15, -0.1) is 0 Å². The number of nitrogens with zero attached hydrogens (tertiary/aromatic N) is 2. The first-order valence-electron chi connectivity index (χ1n) is 22.1. The number of phenols is 2. The third kappa shape index (κ3) is 13.2. The standard InChI is InChI=1S/C53H67AsN2O2.CH2O3.Cr/c1-51(2,3)41-32-38(22-21-31-54(43-23-13-10-14-24-43,44-25-15-11-16-26-44)45-27-17-12-18-28-45)49(57)39(33-41)36-55-47-29-19-20-30-48(47)56-37-40-34-42(52(4,5)6)35-46(50(40)58)53(7,8)9;2-1(3)4;/h10-18,23-28,32-37,47-48,54,57-58H,19-22,29-31H2,1-9H3;(H2,2,3,4);. The Hall–Kier alpha value is -4.60. The van der Waals surface area contributed by atoms with Gasteiger partial charge in [0.15, 0.2) is 0 Å². The number of carbonyl (C=O) groups is 1. The number of aromatic hydroxyl groups is 2. The summed E-state index contributed by atoms with van der Waals surface area (Å²) in [5.41, 5.74) is 5.51. The summed E-state index contributed by atoms with van der Waals surface area (Å²) < 4.78 is 4.37. The van der Waals surface area contributed by atoms with Gasteiger partial charge in [0.2, 0.25) is 0 Å². The predicted molar refractivity (Wildman–Crippen MR) is 263 cm³/mol. The maximum Gasteiger partial charge on any atom is 0.503 e. The minimum absolute atomic E-state index is 0. The topological polar surface area (TPSA) is 123 Å². The second kappa shape index (κ2) is 21.9. The quantitative estimate of drug-likeness (QED) is 0.0776. The minimum Gasteiger partial charge on any atom is -0.450 e. The second-order valence-corrected chi connectivity index (χ2v) is 28.4. The van der Waals surface area contributed by atoms with Crippen molar-refractivity contribution in [3.63, 3.8) is 0 Å². The van der Waals surface area contributed by atoms with Crippen LogP contribution in [-0.2, 0) is 40.0 Å². The molecule has 1 aliphatic rings. The number of carboxylic acid groups (broad SMARTS) is 2. The summed E-state index contributed by atoms with van der Waals surface area (Å²) in [6.45, 7) is 19.8. The molecule has 2 atom stereocenters. The zero-order valence-electron chi connectivity index (χ0n) is 38.7. The Kier molecular flexibility index (Phi) is 17.7. The van der Waals surface area contributed by atoms with Crippen molar-refractivity contribution in [3.05, 3.63) is 149 Å². The largest absolute Gasteiger partial charge is 0.503 e. The fourth-order valence-electron chi connectivity index (χ4n) is 8.64. The number of aliphatic imine (C=N–C) groups is 2. The van der Waals surface area contributed by atoms with Gasteiger partial charge >= 0.3 is 268 Å². The van der Waals surface area contributed by atoms with E-state index in [-0.39, 0.29) is 45.7 Å². The smallest absolute Gasteiger partial charge is 0.450 e. The summed E-state index contributed by atoms with van der Waals surface area (Å²) in [4.78, 5) is 18.9. The van der Waals surface area contributed by atoms with Gasteiger partial charge in [-0.1, -0.05) is 47.6 Å². The molecule has 63 heavy (non-hydrogen) atoms. The first-order chi connectivity index (χ1) is 29.2. The molecule has 5 aromatic rings. The molecule has 0 spiro atoms. The fourth-order valence-corrected chi connectivity index (χ4v) is 18.8. The van der Waals surface area contributed by atoms with Gasteiger partial charge in [-0.2, -0.15) is 0 Å². The zero-order chi connectivity index (χ0) is 45.3. The number of benzene rings is 5. The summed E-state index contributed by atoms with van der Waals surface area (Å²) in [6, 6.07) is 42.1. The van der Waals surface area contributed by atoms with Crippen molar-refractivity contribution in [1.29, 1.82) is 0 Å². The molecular weight excluding hydrogens is 884 g/mol. The SMILES string of the molecule is CC(C)(C)c1cc(C=NC2CCCCC2N=Cc2cc(C(C)(C)C)cc(C(C)(C)C)c2O)c(O)c(CCC[AsH](c2ccccc2)(c2ccccc2)c2ccccc2)c1.O=C(O)O.[Cr]. The Labute approximate surface area is 390 Å². The molecule has 1 fully saturated rings. The van der Waals surface area contributed by atoms with E-state index < -0.39 is 19.7 Å². The van der Waals surface area contributed by atoms with Crippen molar-refractivity contribution in [2.75, 3.05) is 0 Å². The summed E-state index contributed by atoms with van der Waals surface area (Å²) in [7, 11) is 0. The maximum absolute atomic E-state index is 12.0. The molecule has 2 unspecified atom stereocenters. The van der Waals surface area contributed by atoms with Gasteiger partial charge in [0, 0.05) is 28.5 Å². The Balaban J connectivity index is 0.00000167. The summed E-state index contributed by atoms with van der Waals surface area (Å²) in [5, 5.41) is 38.4. The Morgan fingerprint density at radius 2 is 0.984 bits per heavy atom. The average molecular weight is 953 g/mol. The third-order valence-electron chi connectivity index (χ3n) is 12.2. The van der Waals surface area contributed by atoms with Gasteiger partial charge < -0.3 is 15.3 Å². The van der Waals surface area contributed by atoms with E-state index in [9.17, 15) is 10.2 Å². The molecule has 0 radical (unpaired) electrons. The van der Waals surface area contributed by atoms with Gasteiger partial charge in [0.25, 0.3) is 0 Å². The minimum atomic E-state index is -3.12. The van der Waals surface area contributed by atoms with Crippen LogP contribution in [0.15, 0.2) is 125 Å². The van der Waals surface area contributed by atoms with E-state index in [1.165, 1.54) is 24.2 Å². The average Bonchev–Trinajstić information content (AvgIpc) is 3.22. The molecule has 6 rings (SSSR count). The molecule has 336 valence electrons. The van der Waals surface area contributed by atoms with Crippen LogP contribution in [0.2, 0.25) is 5.21 Å². The number of hydrogen-bond acceptors (Lipinski definition) is 5. The molecule has 5 aromatic carbocycles. The molecule has 0 aliphatic heterocycles. The summed E-state index contributed by atoms with van der Waals surface area (Å²) in [6.07, 6.45) is 7.80. The molecular formula is C54H69AsCrN2O5. The van der Waals surface area contributed by atoms with Crippen molar-refractivity contribution in [2.45, 2.75) is 134 Å². The molecule has 4 N–H and O–H groups in total. The van der Waals surface area contributed by atoms with Crippen molar-refractivity contribution in [3.8, 4) is 11.5 Å². The Bertz CT molecular complexity index is 2210. The van der Waals surface area contributed by atoms with Crippen LogP contribution in [0.1, 0.15) is 128 Å². The van der Waals surface area contributed by atoms with Crippen LogP contribution in [0.3, 0.4) is 0 Å². The zero-order valence-corrected chi connectivity index (χ0v) is 42.1. The summed E-state index contributed by atoms with van der Waals surface area (Å²) >= 11 is -3.12. The van der Waals surface area contributed by atoms with Crippen LogP contribution in [0.5, 0.6) is 11.5 Å². The van der Waals surface area contributed by atoms with Crippen molar-refractivity contribution >= 4 is 45.2 Å². The van der Waals surface area contributed by atoms with Crippen molar-refractivity contribution in [1.82, 2.24) is 0 Å². The normalized spacial score (nSPS) is 16.3. The second-order valence-electron chi connectivity index (χ2n) is 19.9. The Morgan fingerprint density at radius 3 is 1.37 bits per heavy atom. The first-order valence-corrected chi connectivity index (χ1v) is 26.7. The van der Waals surface area contributed by atoms with Gasteiger partial charge in [-0.25, -0.2) is 4.79 Å². The van der Waals surface area contributed by atoms with E-state index in [4.69, 9.17) is 25.0 Å². The third-order valence-corrected chi connectivity index (χ3v) is 22.8. The van der Waals surface area contributed by atoms with Crippen molar-refractivity contribution < 1.29 is 42.6 Å². The van der Waals surface area contributed by atoms with Crippen LogP contribution >= 0.6 is 0 Å². The van der Waals surface area contributed by atoms with E-state index in [2.05, 4.69) is 178 Å². The fraction of sp³-hybridized carbons (Fsp3) is 0.389. The van der Waals surface area contributed by atoms with Gasteiger partial charge in [-0.05, 0) is 22.5 Å². The predicted octanol–water partition coefficient (Wildman–Crippen LogP) is 10.9. The molecule has 0 saturated heterocycles. The Morgan fingerprint density at radius 1 is 0.603 bits per heavy atom. The van der Waals surface area contributed by atoms with Gasteiger partial charge in [0.1, 0.15) is 5.75 Å². The molecule has 0 aromatic heterocycles. The van der Waals surface area contributed by atoms with Crippen LogP contribution < -0.4 is 13.1 Å². The summed E-state index contributed by atoms with van der Waals surface area (Å²) in [5.74, 6) is 0.650. The van der Waals surface area contributed by atoms with Crippen molar-refractivity contribution in [2.24, 2.45) is 9.98 Å². The van der Waals surface area contributed by atoms with Crippen LogP contribution in [-0.4, -0.2) is 64.6 Å². The number of hydrogen-bond donors (Lipinski definition) is 4. The van der Waals surface area contributed by atoms with E-state index in [1.807, 2.05) is 12.4 Å². The van der Waals surface area contributed by atoms with Crippen LogP contribution in [0, 0.1) is 0 Å². The molecule has 1 aliphatic carbocycles. The molecule has 0 heterocycles. The van der Waals surface area contributed by atoms with Crippen LogP contribution in [0.25, 0.3) is 0 Å². The molecule has 0 bridgehead atoms. The van der Waals surface area contributed by atoms with E-state index in [1.54, 1.807) is 0 Å². The van der Waals surface area contributed by atoms with E-state index in [0.29, 0.717) is 11.5 Å². The number of rotatable bonds is 11. The monoisotopic (exact) mass is 952 g/mol. The number of aryl methyl sites for hydroxylation is 1.